The molecule has 0 radical (unpaired) electrons. The zero-order valence-corrected chi connectivity index (χ0v) is 12.4. The van der Waals surface area contributed by atoms with E-state index in [0.717, 1.165) is 24.9 Å². The predicted octanol–water partition coefficient (Wildman–Crippen LogP) is 3.27. The van der Waals surface area contributed by atoms with Gasteiger partial charge in [0.25, 0.3) is 0 Å². The first kappa shape index (κ1) is 14.2. The van der Waals surface area contributed by atoms with E-state index < -0.39 is 0 Å². The summed E-state index contributed by atoms with van der Waals surface area (Å²) in [6, 6.07) is 6.24. The highest BCUT2D eigenvalue weighted by Gasteiger charge is 2.28. The molecule has 106 valence electrons. The average molecular weight is 263 g/mol. The zero-order chi connectivity index (χ0) is 14.0. The number of hydrogen-bond acceptors (Lipinski definition) is 3. The maximum atomic E-state index is 9.64. The highest BCUT2D eigenvalue weighted by molar-refractivity contribution is 5.41. The van der Waals surface area contributed by atoms with Crippen molar-refractivity contribution >= 4 is 0 Å². The zero-order valence-electron chi connectivity index (χ0n) is 12.4. The van der Waals surface area contributed by atoms with E-state index in [-0.39, 0.29) is 5.75 Å². The summed E-state index contributed by atoms with van der Waals surface area (Å²) in [4.78, 5) is 2.53. The van der Waals surface area contributed by atoms with Crippen molar-refractivity contribution in [3.8, 4) is 11.5 Å². The molecule has 3 unspecified atom stereocenters. The first-order valence-electron chi connectivity index (χ1n) is 7.11. The molecule has 0 saturated carbocycles. The Morgan fingerprint density at radius 3 is 2.74 bits per heavy atom. The number of nitrogens with zero attached hydrogens (tertiary/aromatic N) is 1. The van der Waals surface area contributed by atoms with Crippen molar-refractivity contribution < 1.29 is 9.84 Å². The van der Waals surface area contributed by atoms with Crippen LogP contribution < -0.4 is 4.74 Å². The van der Waals surface area contributed by atoms with Gasteiger partial charge in [0.15, 0.2) is 11.5 Å². The van der Waals surface area contributed by atoms with Crippen molar-refractivity contribution in [3.05, 3.63) is 23.8 Å². The first-order chi connectivity index (χ1) is 9.01. The van der Waals surface area contributed by atoms with Crippen molar-refractivity contribution in [1.82, 2.24) is 4.90 Å². The molecule has 1 aliphatic heterocycles. The minimum Gasteiger partial charge on any atom is -0.504 e. The summed E-state index contributed by atoms with van der Waals surface area (Å²) >= 11 is 0. The third-order valence-corrected chi connectivity index (χ3v) is 4.35. The molecule has 19 heavy (non-hydrogen) atoms. The average Bonchev–Trinajstić information content (AvgIpc) is 2.37. The van der Waals surface area contributed by atoms with Gasteiger partial charge in [-0.3, -0.25) is 4.90 Å². The minimum absolute atomic E-state index is 0.208. The summed E-state index contributed by atoms with van der Waals surface area (Å²) < 4.78 is 5.18. The number of piperidine rings is 1. The molecule has 1 saturated heterocycles. The van der Waals surface area contributed by atoms with Gasteiger partial charge in [0.05, 0.1) is 7.11 Å². The Morgan fingerprint density at radius 2 is 2.05 bits per heavy atom. The Kier molecular flexibility index (Phi) is 4.35. The van der Waals surface area contributed by atoms with E-state index >= 15 is 0 Å². The monoisotopic (exact) mass is 263 g/mol. The molecule has 1 aromatic carbocycles. The Bertz CT molecular complexity index is 433. The lowest BCUT2D eigenvalue weighted by Gasteiger charge is -2.41. The van der Waals surface area contributed by atoms with Crippen LogP contribution in [-0.2, 0) is 6.54 Å². The quantitative estimate of drug-likeness (QED) is 0.908. The molecule has 0 spiro atoms. The van der Waals surface area contributed by atoms with Gasteiger partial charge < -0.3 is 9.84 Å². The summed E-state index contributed by atoms with van der Waals surface area (Å²) in [5.74, 6) is 2.26. The molecule has 1 heterocycles. The smallest absolute Gasteiger partial charge is 0.160 e. The van der Waals surface area contributed by atoms with Gasteiger partial charge in [0.2, 0.25) is 0 Å². The SMILES string of the molecule is COc1cc(CN2CC(C)CC(C)C2C)ccc1O. The number of phenolic OH excluding ortho intramolecular Hbond substituents is 1. The fourth-order valence-corrected chi connectivity index (χ4v) is 3.10. The van der Waals surface area contributed by atoms with Gasteiger partial charge in [0.1, 0.15) is 0 Å². The van der Waals surface area contributed by atoms with E-state index in [4.69, 9.17) is 4.74 Å². The van der Waals surface area contributed by atoms with Gasteiger partial charge in [-0.15, -0.1) is 0 Å². The Labute approximate surface area is 116 Å². The van der Waals surface area contributed by atoms with Crippen LogP contribution in [0.3, 0.4) is 0 Å². The Hall–Kier alpha value is -1.22. The molecular formula is C16H25NO2. The molecule has 1 N–H and O–H groups in total. The van der Waals surface area contributed by atoms with Crippen LogP contribution in [-0.4, -0.2) is 29.7 Å². The van der Waals surface area contributed by atoms with Gasteiger partial charge in [-0.25, -0.2) is 0 Å². The highest BCUT2D eigenvalue weighted by atomic mass is 16.5. The third kappa shape index (κ3) is 3.21. The lowest BCUT2D eigenvalue weighted by Crippen LogP contribution is -2.45. The summed E-state index contributed by atoms with van der Waals surface area (Å²) in [7, 11) is 1.59. The van der Waals surface area contributed by atoms with Crippen molar-refractivity contribution in [2.75, 3.05) is 13.7 Å². The van der Waals surface area contributed by atoms with Gasteiger partial charge in [-0.2, -0.15) is 0 Å². The Balaban J connectivity index is 2.11. The largest absolute Gasteiger partial charge is 0.504 e. The predicted molar refractivity (Wildman–Crippen MR) is 77.5 cm³/mol. The van der Waals surface area contributed by atoms with E-state index in [9.17, 15) is 5.11 Å². The molecule has 2 rings (SSSR count). The van der Waals surface area contributed by atoms with Crippen LogP contribution in [0.1, 0.15) is 32.8 Å². The number of hydrogen-bond donors (Lipinski definition) is 1. The second-order valence-corrected chi connectivity index (χ2v) is 5.99. The van der Waals surface area contributed by atoms with Crippen molar-refractivity contribution in [3.63, 3.8) is 0 Å². The number of methoxy groups -OCH3 is 1. The van der Waals surface area contributed by atoms with Crippen LogP contribution in [0.15, 0.2) is 18.2 Å². The van der Waals surface area contributed by atoms with Crippen LogP contribution >= 0.6 is 0 Å². The number of rotatable bonds is 3. The molecule has 1 fully saturated rings. The first-order valence-corrected chi connectivity index (χ1v) is 7.11. The lowest BCUT2D eigenvalue weighted by atomic mass is 9.86. The van der Waals surface area contributed by atoms with Crippen molar-refractivity contribution in [2.45, 2.75) is 39.8 Å². The van der Waals surface area contributed by atoms with Crippen LogP contribution in [0.2, 0.25) is 0 Å². The lowest BCUT2D eigenvalue weighted by molar-refractivity contribution is 0.0729. The third-order valence-electron chi connectivity index (χ3n) is 4.35. The summed E-state index contributed by atoms with van der Waals surface area (Å²) in [6.45, 7) is 9.05. The highest BCUT2D eigenvalue weighted by Crippen LogP contribution is 2.30. The number of ether oxygens (including phenoxy) is 1. The number of aromatic hydroxyl groups is 1. The normalized spacial score (nSPS) is 28.3. The molecule has 0 aliphatic carbocycles. The van der Waals surface area contributed by atoms with Crippen LogP contribution in [0.5, 0.6) is 11.5 Å². The van der Waals surface area contributed by atoms with E-state index in [1.165, 1.54) is 12.0 Å². The van der Waals surface area contributed by atoms with Crippen LogP contribution in [0.25, 0.3) is 0 Å². The number of phenols is 1. The van der Waals surface area contributed by atoms with E-state index in [0.29, 0.717) is 11.8 Å². The van der Waals surface area contributed by atoms with E-state index in [1.807, 2.05) is 12.1 Å². The molecule has 3 nitrogen and oxygen atoms in total. The fourth-order valence-electron chi connectivity index (χ4n) is 3.10. The van der Waals surface area contributed by atoms with E-state index in [1.54, 1.807) is 13.2 Å². The molecule has 0 bridgehead atoms. The molecule has 0 amide bonds. The Morgan fingerprint density at radius 1 is 1.32 bits per heavy atom. The number of benzene rings is 1. The molecular weight excluding hydrogens is 238 g/mol. The summed E-state index contributed by atoms with van der Waals surface area (Å²) in [5, 5.41) is 9.64. The van der Waals surface area contributed by atoms with Crippen LogP contribution in [0.4, 0.5) is 0 Å². The molecule has 3 heteroatoms. The molecule has 0 aromatic heterocycles. The maximum Gasteiger partial charge on any atom is 0.160 e. The number of likely N-dealkylation sites (tertiary alicyclic amines) is 1. The van der Waals surface area contributed by atoms with Gasteiger partial charge in [-0.05, 0) is 42.9 Å². The molecule has 1 aliphatic rings. The molecule has 3 atom stereocenters. The van der Waals surface area contributed by atoms with Crippen molar-refractivity contribution in [1.29, 1.82) is 0 Å². The van der Waals surface area contributed by atoms with Gasteiger partial charge in [-0.1, -0.05) is 19.9 Å². The minimum atomic E-state index is 0.208. The van der Waals surface area contributed by atoms with Crippen LogP contribution in [0, 0.1) is 11.8 Å². The molecule has 1 aromatic rings. The summed E-state index contributed by atoms with van der Waals surface area (Å²) in [5.41, 5.74) is 1.20. The van der Waals surface area contributed by atoms with Gasteiger partial charge >= 0.3 is 0 Å². The maximum absolute atomic E-state index is 9.64. The second kappa shape index (κ2) is 5.83. The summed E-state index contributed by atoms with van der Waals surface area (Å²) in [6.07, 6.45) is 1.32. The standard InChI is InChI=1S/C16H25NO2/c1-11-7-12(2)13(3)17(9-11)10-14-5-6-15(18)16(8-14)19-4/h5-6,8,11-13,18H,7,9-10H2,1-4H3. The second-order valence-electron chi connectivity index (χ2n) is 5.99. The van der Waals surface area contributed by atoms with Crippen molar-refractivity contribution in [2.24, 2.45) is 11.8 Å². The van der Waals surface area contributed by atoms with E-state index in [2.05, 4.69) is 25.7 Å². The van der Waals surface area contributed by atoms with Gasteiger partial charge in [0, 0.05) is 19.1 Å². The topological polar surface area (TPSA) is 32.7 Å². The fraction of sp³-hybridized carbons (Fsp3) is 0.625.